The first kappa shape index (κ1) is 43.0. The maximum Gasteiger partial charge on any atom is 0.269 e. The van der Waals surface area contributed by atoms with E-state index in [4.69, 9.17) is 13.8 Å². The van der Waals surface area contributed by atoms with Crippen molar-refractivity contribution in [2.45, 2.75) is 79.0 Å². The van der Waals surface area contributed by atoms with E-state index < -0.39 is 24.0 Å². The van der Waals surface area contributed by atoms with Gasteiger partial charge in [-0.3, -0.25) is 13.7 Å². The summed E-state index contributed by atoms with van der Waals surface area (Å²) >= 11 is 0. The van der Waals surface area contributed by atoms with E-state index in [1.165, 1.54) is 10.8 Å². The minimum atomic E-state index is -0.856. The molecule has 6 nitrogen and oxygen atoms in total. The first-order valence-corrected chi connectivity index (χ1v) is 27.2. The topological polar surface area (TPSA) is 40.8 Å². The number of fused-ring (bicyclic) bond motifs is 7. The normalized spacial score (nSPS) is 14.2. The minimum absolute atomic E-state index is 0.0563. The molecule has 0 bridgehead atoms. The Morgan fingerprint density at radius 3 is 1.84 bits per heavy atom. The Morgan fingerprint density at radius 2 is 1.14 bits per heavy atom. The zero-order chi connectivity index (χ0) is 59.6. The zero-order valence-electron chi connectivity index (χ0n) is 52.1. The number of nitrogens with zero attached hydrogens (tertiary/aromatic N) is 5. The van der Waals surface area contributed by atoms with E-state index in [0.717, 1.165) is 83.1 Å². The fourth-order valence-corrected chi connectivity index (χ4v) is 11.3. The quantitative estimate of drug-likeness (QED) is 0.101. The van der Waals surface area contributed by atoms with Crippen LogP contribution < -0.4 is 9.30 Å². The van der Waals surface area contributed by atoms with Gasteiger partial charge in [-0.2, -0.15) is 0 Å². The second kappa shape index (κ2) is 19.2. The van der Waals surface area contributed by atoms with Crippen molar-refractivity contribution in [2.24, 2.45) is 5.92 Å². The van der Waals surface area contributed by atoms with Gasteiger partial charge in [0, 0.05) is 40.9 Å². The lowest BCUT2D eigenvalue weighted by Gasteiger charge is -2.27. The van der Waals surface area contributed by atoms with Crippen molar-refractivity contribution in [3.63, 3.8) is 0 Å². The van der Waals surface area contributed by atoms with Crippen molar-refractivity contribution in [1.82, 2.24) is 18.7 Å². The number of aromatic nitrogens is 5. The highest BCUT2D eigenvalue weighted by molar-refractivity contribution is 6.12. The zero-order valence-corrected chi connectivity index (χ0v) is 46.1. The lowest BCUT2D eigenvalue weighted by molar-refractivity contribution is -0.571. The molecule has 6 heteroatoms. The minimum Gasteiger partial charge on any atom is -0.458 e. The van der Waals surface area contributed by atoms with Gasteiger partial charge in [0.05, 0.1) is 51.3 Å². The van der Waals surface area contributed by atoms with Gasteiger partial charge in [0.1, 0.15) is 17.3 Å². The molecule has 0 saturated carbocycles. The van der Waals surface area contributed by atoms with Crippen molar-refractivity contribution < 1.29 is 17.5 Å². The molecule has 9 aromatic carbocycles. The third-order valence-corrected chi connectivity index (χ3v) is 15.7. The summed E-state index contributed by atoms with van der Waals surface area (Å²) in [6.45, 7) is 19.4. The third-order valence-electron chi connectivity index (χ3n) is 15.7. The molecule has 0 aliphatic rings. The summed E-state index contributed by atoms with van der Waals surface area (Å²) in [7, 11) is 0. The van der Waals surface area contributed by atoms with Crippen LogP contribution in [0.15, 0.2) is 218 Å². The van der Waals surface area contributed by atoms with Crippen LogP contribution in [0.5, 0.6) is 11.5 Å². The molecule has 0 aliphatic heterocycles. The highest BCUT2D eigenvalue weighted by Crippen LogP contribution is 2.42. The fraction of sp³-hybridized carbons (Fsp3) is 0.178. The number of ether oxygens (including phenoxy) is 1. The van der Waals surface area contributed by atoms with E-state index in [1.807, 2.05) is 101 Å². The van der Waals surface area contributed by atoms with E-state index in [0.29, 0.717) is 28.6 Å². The predicted octanol–water partition coefficient (Wildman–Crippen LogP) is 18.8. The van der Waals surface area contributed by atoms with Gasteiger partial charge in [-0.05, 0) is 134 Å². The van der Waals surface area contributed by atoms with Crippen LogP contribution in [0.2, 0.25) is 0 Å². The number of benzene rings is 9. The molecular formula is C73H65N5O. The Morgan fingerprint density at radius 1 is 0.519 bits per heavy atom. The lowest BCUT2D eigenvalue weighted by atomic mass is 9.78. The van der Waals surface area contributed by atoms with Gasteiger partial charge in [0.25, 0.3) is 6.33 Å². The van der Waals surface area contributed by atoms with Crippen molar-refractivity contribution in [3.05, 3.63) is 241 Å². The first-order valence-electron chi connectivity index (χ1n) is 30.2. The molecule has 0 aliphatic carbocycles. The van der Waals surface area contributed by atoms with Crippen LogP contribution in [0.3, 0.4) is 0 Å². The molecular weight excluding hydrogens is 963 g/mol. The molecule has 13 rings (SSSR count). The second-order valence-electron chi connectivity index (χ2n) is 23.2. The van der Waals surface area contributed by atoms with E-state index >= 15 is 0 Å². The monoisotopic (exact) mass is 1030 g/mol. The highest BCUT2D eigenvalue weighted by atomic mass is 16.5. The van der Waals surface area contributed by atoms with Crippen LogP contribution in [0.4, 0.5) is 0 Å². The summed E-state index contributed by atoms with van der Waals surface area (Å²) in [5.74, 6) is 1.10. The van der Waals surface area contributed by atoms with Crippen molar-refractivity contribution >= 4 is 54.6 Å². The number of pyridine rings is 1. The van der Waals surface area contributed by atoms with E-state index in [1.54, 1.807) is 0 Å². The molecule has 4 aromatic heterocycles. The molecule has 0 radical (unpaired) electrons. The molecule has 1 unspecified atom stereocenters. The summed E-state index contributed by atoms with van der Waals surface area (Å²) in [4.78, 5) is 4.99. The summed E-state index contributed by atoms with van der Waals surface area (Å²) in [6, 6.07) is 60.5. The molecule has 0 amide bonds. The summed E-state index contributed by atoms with van der Waals surface area (Å²) < 4.78 is 69.5. The number of hydrogen-bond donors (Lipinski definition) is 0. The summed E-state index contributed by atoms with van der Waals surface area (Å²) in [6.07, 6.45) is 5.53. The van der Waals surface area contributed by atoms with Gasteiger partial charge >= 0.3 is 0 Å². The van der Waals surface area contributed by atoms with Gasteiger partial charge in [0.15, 0.2) is 0 Å². The Kier molecular flexibility index (Phi) is 10.4. The largest absolute Gasteiger partial charge is 0.458 e. The average molecular weight is 1030 g/mol. The highest BCUT2D eigenvalue weighted by Gasteiger charge is 2.26. The Hall–Kier alpha value is -9.00. The summed E-state index contributed by atoms with van der Waals surface area (Å²) in [5, 5.41) is 4.45. The molecule has 0 spiro atoms. The number of rotatable bonds is 10. The standard InChI is InChI=1S/C73H65N5O/c1-47(2)48(3)50-37-38-74-70(41-50)78-66-36-33-55(77-64-29-15-13-25-60(64)61-26-14-16-30-65(61)77)44-63(66)62-35-34-57(45-69(62)78)79-56-24-19-23-54(43-56)75-46-76(68-32-18-17-31-67(68)75)71-58(49-21-11-10-12-22-49)27-20-28-59(71)51-39-52(72(4,5)6)42-53(40-51)73(7,8)9/h10-45,47-48H,1-9H3/i10D,11D,12D,21D,22D,48D. The maximum atomic E-state index is 9.42. The smallest absolute Gasteiger partial charge is 0.269 e. The average Bonchev–Trinajstić information content (AvgIpc) is 1.83. The molecule has 79 heavy (non-hydrogen) atoms. The Balaban J connectivity index is 0.969. The van der Waals surface area contributed by atoms with E-state index in [9.17, 15) is 4.11 Å². The fourth-order valence-electron chi connectivity index (χ4n) is 11.3. The van der Waals surface area contributed by atoms with Gasteiger partial charge in [0.2, 0.25) is 0 Å². The summed E-state index contributed by atoms with van der Waals surface area (Å²) in [5.41, 5.74) is 13.2. The number of hydrogen-bond acceptors (Lipinski definition) is 2. The van der Waals surface area contributed by atoms with Crippen molar-refractivity contribution in [1.29, 1.82) is 0 Å². The van der Waals surface area contributed by atoms with Gasteiger partial charge in [-0.15, -0.1) is 0 Å². The molecule has 13 aromatic rings. The molecule has 0 saturated heterocycles. The van der Waals surface area contributed by atoms with Gasteiger partial charge in [-0.25, -0.2) is 4.98 Å². The molecule has 1 atom stereocenters. The third kappa shape index (κ3) is 8.76. The van der Waals surface area contributed by atoms with Crippen LogP contribution in [0.25, 0.3) is 99.8 Å². The predicted molar refractivity (Wildman–Crippen MR) is 328 cm³/mol. The maximum absolute atomic E-state index is 9.42. The molecule has 4 heterocycles. The van der Waals surface area contributed by atoms with Crippen molar-refractivity contribution in [2.75, 3.05) is 0 Å². The van der Waals surface area contributed by atoms with Crippen LogP contribution in [-0.2, 0) is 10.8 Å². The second-order valence-corrected chi connectivity index (χ2v) is 23.2. The van der Waals surface area contributed by atoms with E-state index in [2.05, 4.69) is 174 Å². The Labute approximate surface area is 471 Å². The molecule has 0 N–H and O–H groups in total. The van der Waals surface area contributed by atoms with Crippen LogP contribution in [0, 0.1) is 12.2 Å². The lowest BCUT2D eigenvalue weighted by Crippen LogP contribution is -2.31. The van der Waals surface area contributed by atoms with Crippen LogP contribution in [-0.4, -0.2) is 18.7 Å². The number of para-hydroxylation sites is 5. The van der Waals surface area contributed by atoms with Crippen LogP contribution >= 0.6 is 0 Å². The SMILES string of the molecule is [2H]c1c([2H])c([2H])c(-c2cccc(-c3cc(C(C)(C)C)cc(C(C)(C)C)c3)c2-[n+]2[c-]n(-c3cccc(Oc4ccc5c6cc(-n7c8ccccc8c8ccccc87)ccc6n(-c6cc(C([2H])(C)C(C)C)ccn6)c5c4)c3)c3ccccc32)c([2H])c1[2H]. The first-order chi connectivity index (χ1) is 40.6. The Bertz CT molecular complexity index is 4740. The van der Waals surface area contributed by atoms with Gasteiger partial charge in [-0.1, -0.05) is 196 Å². The van der Waals surface area contributed by atoms with Gasteiger partial charge < -0.3 is 9.30 Å². The van der Waals surface area contributed by atoms with E-state index in [-0.39, 0.29) is 34.4 Å². The number of imidazole rings is 1. The molecule has 388 valence electrons. The van der Waals surface area contributed by atoms with Crippen molar-refractivity contribution in [3.8, 4) is 56.6 Å². The molecule has 0 fully saturated rings. The van der Waals surface area contributed by atoms with Crippen LogP contribution in [0.1, 0.15) is 93.1 Å².